The van der Waals surface area contributed by atoms with E-state index in [1.165, 1.54) is 0 Å². The van der Waals surface area contributed by atoms with Gasteiger partial charge in [0.1, 0.15) is 12.2 Å². The van der Waals surface area contributed by atoms with Crippen LogP contribution in [-0.4, -0.2) is 61.7 Å². The van der Waals surface area contributed by atoms with Gasteiger partial charge in [-0.05, 0) is 51.2 Å². The molecule has 28 heavy (non-hydrogen) atoms. The van der Waals surface area contributed by atoms with Gasteiger partial charge in [-0.15, -0.1) is 11.6 Å². The summed E-state index contributed by atoms with van der Waals surface area (Å²) in [6.45, 7) is 15.9. The first-order valence-corrected chi connectivity index (χ1v) is 14.2. The molecule has 0 aliphatic carbocycles. The number of alkyl halides is 1. The van der Waals surface area contributed by atoms with Crippen molar-refractivity contribution in [3.63, 3.8) is 0 Å². The van der Waals surface area contributed by atoms with Crippen LogP contribution in [0.15, 0.2) is 0 Å². The maximum Gasteiger partial charge on any atom is 0.226 e. The predicted octanol–water partition coefficient (Wildman–Crippen LogP) is 4.54. The van der Waals surface area contributed by atoms with Crippen molar-refractivity contribution in [2.24, 2.45) is 5.92 Å². The number of fused-ring (bicyclic) bond motifs is 3. The fraction of sp³-hybridized carbons (Fsp3) is 0.952. The van der Waals surface area contributed by atoms with Gasteiger partial charge in [-0.3, -0.25) is 4.79 Å². The number of carbonyl (C=O) groups is 1. The molecule has 0 spiro atoms. The zero-order valence-corrected chi connectivity index (χ0v) is 20.3. The van der Waals surface area contributed by atoms with Crippen molar-refractivity contribution in [2.75, 3.05) is 12.4 Å². The number of hydrogen-bond donors (Lipinski definition) is 0. The zero-order chi connectivity index (χ0) is 20.9. The van der Waals surface area contributed by atoms with Crippen molar-refractivity contribution in [3.05, 3.63) is 0 Å². The van der Waals surface area contributed by atoms with Crippen molar-refractivity contribution in [1.29, 1.82) is 0 Å². The molecule has 7 heteroatoms. The Morgan fingerprint density at radius 3 is 2.54 bits per heavy atom. The average molecular weight is 432 g/mol. The van der Waals surface area contributed by atoms with E-state index in [4.69, 9.17) is 25.5 Å². The van der Waals surface area contributed by atoms with E-state index in [9.17, 15) is 4.79 Å². The second-order valence-corrected chi connectivity index (χ2v) is 15.8. The lowest BCUT2D eigenvalue weighted by Gasteiger charge is -2.47. The van der Waals surface area contributed by atoms with Crippen LogP contribution < -0.4 is 0 Å². The van der Waals surface area contributed by atoms with Crippen LogP contribution in [0.2, 0.25) is 18.1 Å². The van der Waals surface area contributed by atoms with Crippen LogP contribution in [0.25, 0.3) is 0 Å². The van der Waals surface area contributed by atoms with Gasteiger partial charge in [0.2, 0.25) is 5.91 Å². The second kappa shape index (κ2) is 7.84. The van der Waals surface area contributed by atoms with E-state index in [-0.39, 0.29) is 41.2 Å². The van der Waals surface area contributed by atoms with Crippen LogP contribution in [0, 0.1) is 5.92 Å². The molecule has 0 aromatic carbocycles. The van der Waals surface area contributed by atoms with Gasteiger partial charge in [-0.2, -0.15) is 0 Å². The highest BCUT2D eigenvalue weighted by atomic mass is 35.5. The Balaban J connectivity index is 1.84. The molecule has 3 heterocycles. The third-order valence-corrected chi connectivity index (χ3v) is 11.8. The molecule has 0 aromatic heterocycles. The number of ether oxygens (including phenoxy) is 2. The Bertz CT molecular complexity index is 591. The van der Waals surface area contributed by atoms with Crippen molar-refractivity contribution < 1.29 is 18.7 Å². The van der Waals surface area contributed by atoms with E-state index < -0.39 is 14.1 Å². The zero-order valence-electron chi connectivity index (χ0n) is 18.6. The number of carbonyl (C=O) groups excluding carboxylic acids is 1. The molecule has 3 aliphatic rings. The summed E-state index contributed by atoms with van der Waals surface area (Å²) in [5.41, 5.74) is 0. The number of nitrogens with zero attached hydrogens (tertiary/aromatic N) is 1. The minimum Gasteiger partial charge on any atom is -0.412 e. The molecule has 162 valence electrons. The van der Waals surface area contributed by atoms with Crippen molar-refractivity contribution in [3.8, 4) is 0 Å². The number of amides is 1. The number of halogens is 1. The lowest BCUT2D eigenvalue weighted by atomic mass is 9.86. The highest BCUT2D eigenvalue weighted by Crippen LogP contribution is 2.46. The highest BCUT2D eigenvalue weighted by molar-refractivity contribution is 6.74. The molecule has 0 aromatic rings. The molecule has 3 aliphatic heterocycles. The Morgan fingerprint density at radius 1 is 1.25 bits per heavy atom. The van der Waals surface area contributed by atoms with Gasteiger partial charge in [-0.1, -0.05) is 27.2 Å². The fourth-order valence-corrected chi connectivity index (χ4v) is 6.13. The van der Waals surface area contributed by atoms with Crippen molar-refractivity contribution >= 4 is 25.8 Å². The van der Waals surface area contributed by atoms with Gasteiger partial charge in [0.15, 0.2) is 14.1 Å². The molecule has 1 amide bonds. The summed E-state index contributed by atoms with van der Waals surface area (Å²) in [5.74, 6) is 0.316. The third-order valence-electron chi connectivity index (χ3n) is 7.01. The minimum atomic E-state index is -1.98. The van der Waals surface area contributed by atoms with Gasteiger partial charge < -0.3 is 18.8 Å². The average Bonchev–Trinajstić information content (AvgIpc) is 3.02. The van der Waals surface area contributed by atoms with Crippen LogP contribution in [0.1, 0.15) is 60.3 Å². The van der Waals surface area contributed by atoms with Gasteiger partial charge in [-0.25, -0.2) is 0 Å². The lowest BCUT2D eigenvalue weighted by molar-refractivity contribution is -0.179. The van der Waals surface area contributed by atoms with Crippen molar-refractivity contribution in [1.82, 2.24) is 4.90 Å². The van der Waals surface area contributed by atoms with Gasteiger partial charge in [0, 0.05) is 11.8 Å². The first-order valence-electron chi connectivity index (χ1n) is 10.8. The lowest BCUT2D eigenvalue weighted by Crippen LogP contribution is -2.59. The molecular weight excluding hydrogens is 394 g/mol. The number of rotatable bonds is 6. The van der Waals surface area contributed by atoms with Crippen LogP contribution in [0.3, 0.4) is 0 Å². The molecule has 0 radical (unpaired) electrons. The quantitative estimate of drug-likeness (QED) is 0.352. The van der Waals surface area contributed by atoms with Crippen molar-refractivity contribution in [2.45, 2.75) is 109 Å². The summed E-state index contributed by atoms with van der Waals surface area (Å²) >= 11 is 5.85. The molecule has 5 nitrogen and oxygen atoms in total. The molecular formula is C21H38ClNO4Si. The SMILES string of the molecule is CC1(C)O[C@H]2[C@H]3[C@H](O[Si](C)(C)C(C)(C)C)C[C@H](CCCCCl)C(=O)N3C[C@H]2O1. The summed E-state index contributed by atoms with van der Waals surface area (Å²) in [7, 11) is -1.98. The van der Waals surface area contributed by atoms with E-state index in [0.29, 0.717) is 12.4 Å². The summed E-state index contributed by atoms with van der Waals surface area (Å²) in [6.07, 6.45) is 3.45. The number of unbranched alkanes of at least 4 members (excludes halogenated alkanes) is 1. The van der Waals surface area contributed by atoms with E-state index in [0.717, 1.165) is 25.7 Å². The topological polar surface area (TPSA) is 48.0 Å². The molecule has 0 N–H and O–H groups in total. The number of hydrogen-bond acceptors (Lipinski definition) is 4. The summed E-state index contributed by atoms with van der Waals surface area (Å²) in [6, 6.07) is -0.0438. The molecule has 3 rings (SSSR count). The second-order valence-electron chi connectivity index (χ2n) is 10.7. The van der Waals surface area contributed by atoms with Crippen LogP contribution in [0.4, 0.5) is 0 Å². The largest absolute Gasteiger partial charge is 0.412 e. The highest BCUT2D eigenvalue weighted by Gasteiger charge is 2.60. The summed E-state index contributed by atoms with van der Waals surface area (Å²) in [5, 5.41) is 0.123. The Kier molecular flexibility index (Phi) is 6.31. The van der Waals surface area contributed by atoms with Crippen LogP contribution in [-0.2, 0) is 18.7 Å². The molecule has 0 saturated carbocycles. The Labute approximate surface area is 176 Å². The maximum atomic E-state index is 13.2. The number of piperidine rings is 1. The van der Waals surface area contributed by atoms with Gasteiger partial charge in [0.05, 0.1) is 18.7 Å². The standard InChI is InChI=1S/C21H38ClNO4Si/c1-20(2,3)28(6,7)27-15-12-14(10-8-9-11-22)19(24)23-13-16-18(17(15)23)26-21(4,5)25-16/h14-18H,8-13H2,1-7H3/t14-,15+,16+,17+,18+/m0/s1. The Hall–Kier alpha value is -0.143. The monoisotopic (exact) mass is 431 g/mol. The van der Waals surface area contributed by atoms with E-state index >= 15 is 0 Å². The van der Waals surface area contributed by atoms with Crippen LogP contribution in [0.5, 0.6) is 0 Å². The third kappa shape index (κ3) is 4.31. The van der Waals surface area contributed by atoms with Gasteiger partial charge >= 0.3 is 0 Å². The smallest absolute Gasteiger partial charge is 0.226 e. The van der Waals surface area contributed by atoms with E-state index in [1.54, 1.807) is 0 Å². The first kappa shape index (κ1) is 22.5. The minimum absolute atomic E-state index is 0.00657. The molecule has 3 saturated heterocycles. The molecule has 0 bridgehead atoms. The predicted molar refractivity (Wildman–Crippen MR) is 114 cm³/mol. The first-order chi connectivity index (χ1) is 12.9. The molecule has 3 fully saturated rings. The van der Waals surface area contributed by atoms with E-state index in [1.807, 2.05) is 18.7 Å². The van der Waals surface area contributed by atoms with Gasteiger partial charge in [0.25, 0.3) is 0 Å². The van der Waals surface area contributed by atoms with E-state index in [2.05, 4.69) is 33.9 Å². The normalized spacial score (nSPS) is 35.2. The Morgan fingerprint density at radius 2 is 1.93 bits per heavy atom. The summed E-state index contributed by atoms with van der Waals surface area (Å²) < 4.78 is 19.3. The van der Waals surface area contributed by atoms with Crippen LogP contribution >= 0.6 is 11.6 Å². The summed E-state index contributed by atoms with van der Waals surface area (Å²) in [4.78, 5) is 15.3. The molecule has 5 atom stereocenters. The fourth-order valence-electron chi connectivity index (χ4n) is 4.59. The molecule has 0 unspecified atom stereocenters. The maximum absolute atomic E-state index is 13.2.